The van der Waals surface area contributed by atoms with E-state index in [4.69, 9.17) is 5.73 Å². The second-order valence-corrected chi connectivity index (χ2v) is 3.37. The van der Waals surface area contributed by atoms with Crippen molar-refractivity contribution in [3.63, 3.8) is 0 Å². The van der Waals surface area contributed by atoms with E-state index in [1.165, 1.54) is 0 Å². The molecule has 0 saturated carbocycles. The van der Waals surface area contributed by atoms with Crippen molar-refractivity contribution in [3.05, 3.63) is 29.3 Å². The van der Waals surface area contributed by atoms with E-state index in [-0.39, 0.29) is 5.91 Å². The van der Waals surface area contributed by atoms with Crippen LogP contribution < -0.4 is 16.4 Å². The van der Waals surface area contributed by atoms with E-state index in [1.54, 1.807) is 0 Å². The Balaban J connectivity index is 2.35. The average Bonchev–Trinajstić information content (AvgIpc) is 2.18. The maximum Gasteiger partial charge on any atom is 0.221 e. The molecule has 1 aliphatic rings. The van der Waals surface area contributed by atoms with Gasteiger partial charge in [0.25, 0.3) is 0 Å². The van der Waals surface area contributed by atoms with E-state index in [0.717, 1.165) is 30.0 Å². The minimum absolute atomic E-state index is 0.288. The lowest BCUT2D eigenvalue weighted by Crippen LogP contribution is -2.29. The molecule has 0 saturated heterocycles. The summed E-state index contributed by atoms with van der Waals surface area (Å²) < 4.78 is 0. The molecule has 0 fully saturated rings. The summed E-state index contributed by atoms with van der Waals surface area (Å²) in [6, 6.07) is 5.90. The number of carbonyl (C=O) groups is 1. The average molecular weight is 191 g/mol. The molecule has 1 aromatic rings. The molecular formula is C10H13N3O. The largest absolute Gasteiger partial charge is 0.372 e. The Bertz CT molecular complexity index is 362. The number of fused-ring (bicyclic) bond motifs is 1. The van der Waals surface area contributed by atoms with Crippen LogP contribution in [0.1, 0.15) is 11.1 Å². The van der Waals surface area contributed by atoms with Gasteiger partial charge in [0, 0.05) is 12.2 Å². The molecule has 4 nitrogen and oxygen atoms in total. The van der Waals surface area contributed by atoms with Gasteiger partial charge >= 0.3 is 0 Å². The van der Waals surface area contributed by atoms with Crippen molar-refractivity contribution in [1.82, 2.24) is 5.32 Å². The fourth-order valence-electron chi connectivity index (χ4n) is 1.71. The number of hydrogen-bond acceptors (Lipinski definition) is 3. The normalized spacial score (nSPS) is 14.3. The molecule has 1 aliphatic heterocycles. The van der Waals surface area contributed by atoms with Gasteiger partial charge in [-0.25, -0.2) is 0 Å². The number of nitrogens with two attached hydrogens (primary N) is 1. The van der Waals surface area contributed by atoms with Gasteiger partial charge in [0.15, 0.2) is 0 Å². The van der Waals surface area contributed by atoms with Crippen molar-refractivity contribution in [2.75, 3.05) is 12.0 Å². The lowest BCUT2D eigenvalue weighted by molar-refractivity contribution is -0.117. The van der Waals surface area contributed by atoms with Crippen LogP contribution >= 0.6 is 0 Å². The minimum atomic E-state index is -0.288. The molecule has 0 spiro atoms. The zero-order valence-electron chi connectivity index (χ0n) is 7.84. The van der Waals surface area contributed by atoms with Crippen LogP contribution in [0, 0.1) is 0 Å². The summed E-state index contributed by atoms with van der Waals surface area (Å²) in [5.74, 6) is -0.288. The van der Waals surface area contributed by atoms with Crippen LogP contribution in [-0.2, 0) is 17.8 Å². The highest BCUT2D eigenvalue weighted by Crippen LogP contribution is 2.22. The Labute approximate surface area is 82.5 Å². The summed E-state index contributed by atoms with van der Waals surface area (Å²) in [6.45, 7) is 1.57. The third-order valence-corrected chi connectivity index (χ3v) is 2.34. The second-order valence-electron chi connectivity index (χ2n) is 3.37. The maximum absolute atomic E-state index is 10.8. The van der Waals surface area contributed by atoms with E-state index in [0.29, 0.717) is 6.42 Å². The lowest BCUT2D eigenvalue weighted by Gasteiger charge is -2.21. The predicted octanol–water partition coefficient (Wildman–Crippen LogP) is 0.187. The first-order valence-electron chi connectivity index (χ1n) is 4.61. The molecule has 0 bridgehead atoms. The fourth-order valence-corrected chi connectivity index (χ4v) is 1.71. The van der Waals surface area contributed by atoms with E-state index in [2.05, 4.69) is 10.6 Å². The van der Waals surface area contributed by atoms with Gasteiger partial charge in [-0.05, 0) is 17.2 Å². The van der Waals surface area contributed by atoms with Crippen LogP contribution in [0.4, 0.5) is 5.69 Å². The Hall–Kier alpha value is -1.55. The molecular weight excluding hydrogens is 178 g/mol. The molecule has 4 N–H and O–H groups in total. The van der Waals surface area contributed by atoms with Crippen LogP contribution in [0.25, 0.3) is 0 Å². The van der Waals surface area contributed by atoms with Crippen molar-refractivity contribution in [2.45, 2.75) is 13.0 Å². The second kappa shape index (κ2) is 3.67. The first-order valence-corrected chi connectivity index (χ1v) is 4.61. The van der Waals surface area contributed by atoms with E-state index < -0.39 is 0 Å². The van der Waals surface area contributed by atoms with Crippen LogP contribution in [-0.4, -0.2) is 12.6 Å². The molecule has 1 aromatic carbocycles. The molecule has 1 amide bonds. The third kappa shape index (κ3) is 1.70. The van der Waals surface area contributed by atoms with Crippen molar-refractivity contribution in [1.29, 1.82) is 0 Å². The molecule has 0 aromatic heterocycles. The van der Waals surface area contributed by atoms with Gasteiger partial charge in [0.1, 0.15) is 0 Å². The summed E-state index contributed by atoms with van der Waals surface area (Å²) >= 11 is 0. The molecule has 2 rings (SSSR count). The Morgan fingerprint density at radius 1 is 1.50 bits per heavy atom. The molecule has 1 heterocycles. The summed E-state index contributed by atoms with van der Waals surface area (Å²) in [7, 11) is 0. The quantitative estimate of drug-likeness (QED) is 0.625. The maximum atomic E-state index is 10.8. The van der Waals surface area contributed by atoms with Crippen molar-refractivity contribution in [2.24, 2.45) is 5.73 Å². The number of primary amides is 1. The molecule has 0 unspecified atom stereocenters. The van der Waals surface area contributed by atoms with Gasteiger partial charge in [-0.1, -0.05) is 12.1 Å². The van der Waals surface area contributed by atoms with Gasteiger partial charge in [-0.3, -0.25) is 10.1 Å². The van der Waals surface area contributed by atoms with Gasteiger partial charge in [0.05, 0.1) is 13.1 Å². The van der Waals surface area contributed by atoms with Gasteiger partial charge in [-0.15, -0.1) is 0 Å². The molecule has 0 aliphatic carbocycles. The van der Waals surface area contributed by atoms with Gasteiger partial charge < -0.3 is 11.1 Å². The minimum Gasteiger partial charge on any atom is -0.372 e. The molecule has 74 valence electrons. The lowest BCUT2D eigenvalue weighted by atomic mass is 10.0. The first kappa shape index (κ1) is 9.02. The number of hydrogen-bond donors (Lipinski definition) is 3. The SMILES string of the molecule is NC(=O)Cc1cccc2c1CNCN2. The molecule has 0 radical (unpaired) electrons. The summed E-state index contributed by atoms with van der Waals surface area (Å²) in [5.41, 5.74) is 8.44. The van der Waals surface area contributed by atoms with Crippen LogP contribution in [0.2, 0.25) is 0 Å². The molecule has 14 heavy (non-hydrogen) atoms. The number of carbonyl (C=O) groups excluding carboxylic acids is 1. The van der Waals surface area contributed by atoms with E-state index in [1.807, 2.05) is 18.2 Å². The number of benzene rings is 1. The monoisotopic (exact) mass is 191 g/mol. The molecule has 0 atom stereocenters. The van der Waals surface area contributed by atoms with Crippen molar-refractivity contribution in [3.8, 4) is 0 Å². The number of nitrogens with one attached hydrogen (secondary N) is 2. The standard InChI is InChI=1S/C10H13N3O/c11-10(14)4-7-2-1-3-9-8(7)5-12-6-13-9/h1-3,12-13H,4-6H2,(H2,11,14). The van der Waals surface area contributed by atoms with E-state index in [9.17, 15) is 4.79 Å². The zero-order chi connectivity index (χ0) is 9.97. The summed E-state index contributed by atoms with van der Waals surface area (Å²) in [4.78, 5) is 10.8. The Kier molecular flexibility index (Phi) is 2.37. The zero-order valence-corrected chi connectivity index (χ0v) is 7.84. The number of anilines is 1. The van der Waals surface area contributed by atoms with Crippen molar-refractivity contribution >= 4 is 11.6 Å². The van der Waals surface area contributed by atoms with Crippen LogP contribution in [0.15, 0.2) is 18.2 Å². The Morgan fingerprint density at radius 3 is 3.14 bits per heavy atom. The number of rotatable bonds is 2. The fraction of sp³-hybridized carbons (Fsp3) is 0.300. The van der Waals surface area contributed by atoms with Gasteiger partial charge in [0.2, 0.25) is 5.91 Å². The third-order valence-electron chi connectivity index (χ3n) is 2.34. The first-order chi connectivity index (χ1) is 6.77. The smallest absolute Gasteiger partial charge is 0.221 e. The summed E-state index contributed by atoms with van der Waals surface area (Å²) in [5, 5.41) is 6.40. The highest BCUT2D eigenvalue weighted by atomic mass is 16.1. The van der Waals surface area contributed by atoms with Crippen LogP contribution in [0.3, 0.4) is 0 Å². The highest BCUT2D eigenvalue weighted by molar-refractivity contribution is 5.78. The Morgan fingerprint density at radius 2 is 2.36 bits per heavy atom. The van der Waals surface area contributed by atoms with E-state index >= 15 is 0 Å². The number of amides is 1. The molecule has 4 heteroatoms. The van der Waals surface area contributed by atoms with Crippen LogP contribution in [0.5, 0.6) is 0 Å². The predicted molar refractivity (Wildman–Crippen MR) is 54.7 cm³/mol. The summed E-state index contributed by atoms with van der Waals surface area (Å²) in [6.07, 6.45) is 0.312. The van der Waals surface area contributed by atoms with Gasteiger partial charge in [-0.2, -0.15) is 0 Å². The topological polar surface area (TPSA) is 67.2 Å². The highest BCUT2D eigenvalue weighted by Gasteiger charge is 2.12. The van der Waals surface area contributed by atoms with Crippen molar-refractivity contribution < 1.29 is 4.79 Å².